The number of carbonyl (C=O) groups excluding carboxylic acids is 1. The Morgan fingerprint density at radius 2 is 1.84 bits per heavy atom. The van der Waals surface area contributed by atoms with Crippen molar-refractivity contribution >= 4 is 23.4 Å². The molecule has 0 atom stereocenters. The number of nitrogens with zero attached hydrogens (tertiary/aromatic N) is 2. The van der Waals surface area contributed by atoms with E-state index in [-0.39, 0.29) is 5.91 Å². The van der Waals surface area contributed by atoms with E-state index in [2.05, 4.69) is 36.1 Å². The molecule has 1 saturated heterocycles. The Bertz CT molecular complexity index is 727. The molecule has 3 rings (SSSR count). The molecule has 4 nitrogen and oxygen atoms in total. The lowest BCUT2D eigenvalue weighted by Gasteiger charge is -2.36. The molecule has 0 radical (unpaired) electrons. The SMILES string of the molecule is COc1cccc(SCC(=O)N2CCN(c3cccc(C)c3)CC2)c1. The van der Waals surface area contributed by atoms with E-state index >= 15 is 0 Å². The van der Waals surface area contributed by atoms with E-state index in [1.54, 1.807) is 18.9 Å². The van der Waals surface area contributed by atoms with Crippen molar-refractivity contribution in [2.45, 2.75) is 11.8 Å². The molecule has 5 heteroatoms. The number of methoxy groups -OCH3 is 1. The van der Waals surface area contributed by atoms with Crippen LogP contribution in [0.5, 0.6) is 5.75 Å². The first-order chi connectivity index (χ1) is 12.2. The quantitative estimate of drug-likeness (QED) is 0.769. The van der Waals surface area contributed by atoms with Gasteiger partial charge in [0.15, 0.2) is 0 Å². The van der Waals surface area contributed by atoms with Crippen LogP contribution in [0.4, 0.5) is 5.69 Å². The lowest BCUT2D eigenvalue weighted by Crippen LogP contribution is -2.49. The number of benzene rings is 2. The Hall–Kier alpha value is -2.14. The highest BCUT2D eigenvalue weighted by atomic mass is 32.2. The molecule has 1 aliphatic rings. The molecule has 1 aliphatic heterocycles. The molecular weight excluding hydrogens is 332 g/mol. The molecule has 2 aromatic carbocycles. The molecular formula is C20H24N2O2S. The fourth-order valence-electron chi connectivity index (χ4n) is 2.97. The van der Waals surface area contributed by atoms with E-state index in [9.17, 15) is 4.79 Å². The van der Waals surface area contributed by atoms with Gasteiger partial charge in [0.2, 0.25) is 5.91 Å². The number of hydrogen-bond donors (Lipinski definition) is 0. The summed E-state index contributed by atoms with van der Waals surface area (Å²) in [6.07, 6.45) is 0. The largest absolute Gasteiger partial charge is 0.497 e. The molecule has 0 bridgehead atoms. The van der Waals surface area contributed by atoms with E-state index in [0.29, 0.717) is 5.75 Å². The second-order valence-corrected chi connectivity index (χ2v) is 7.22. The Labute approximate surface area is 153 Å². The van der Waals surface area contributed by atoms with Crippen molar-refractivity contribution in [3.8, 4) is 5.75 Å². The average molecular weight is 356 g/mol. The number of ether oxygens (including phenoxy) is 1. The minimum absolute atomic E-state index is 0.205. The van der Waals surface area contributed by atoms with Crippen LogP contribution in [0, 0.1) is 6.92 Å². The first kappa shape index (κ1) is 17.7. The average Bonchev–Trinajstić information content (AvgIpc) is 2.66. The van der Waals surface area contributed by atoms with Crippen molar-refractivity contribution < 1.29 is 9.53 Å². The summed E-state index contributed by atoms with van der Waals surface area (Å²) in [5.74, 6) is 1.50. The van der Waals surface area contributed by atoms with Crippen molar-refractivity contribution in [2.75, 3.05) is 43.9 Å². The summed E-state index contributed by atoms with van der Waals surface area (Å²) in [6, 6.07) is 16.4. The van der Waals surface area contributed by atoms with Crippen molar-refractivity contribution in [3.05, 3.63) is 54.1 Å². The fraction of sp³-hybridized carbons (Fsp3) is 0.350. The van der Waals surface area contributed by atoms with E-state index in [1.165, 1.54) is 11.3 Å². The zero-order valence-corrected chi connectivity index (χ0v) is 15.6. The third kappa shape index (κ3) is 4.69. The topological polar surface area (TPSA) is 32.8 Å². The number of aryl methyl sites for hydroxylation is 1. The summed E-state index contributed by atoms with van der Waals surface area (Å²) >= 11 is 1.57. The molecule has 0 N–H and O–H groups in total. The van der Waals surface area contributed by atoms with Gasteiger partial charge in [-0.2, -0.15) is 0 Å². The first-order valence-corrected chi connectivity index (χ1v) is 9.50. The van der Waals surface area contributed by atoms with Gasteiger partial charge in [-0.15, -0.1) is 11.8 Å². The van der Waals surface area contributed by atoms with E-state index < -0.39 is 0 Å². The standard InChI is InChI=1S/C20H24N2O2S/c1-16-5-3-6-17(13-16)21-9-11-22(12-10-21)20(23)15-25-19-8-4-7-18(14-19)24-2/h3-8,13-14H,9-12,15H2,1-2H3. The Morgan fingerprint density at radius 3 is 2.56 bits per heavy atom. The van der Waals surface area contributed by atoms with Crippen molar-refractivity contribution in [1.82, 2.24) is 4.90 Å². The van der Waals surface area contributed by atoms with Crippen LogP contribution in [0.25, 0.3) is 0 Å². The van der Waals surface area contributed by atoms with Gasteiger partial charge in [-0.3, -0.25) is 4.79 Å². The number of amides is 1. The van der Waals surface area contributed by atoms with Gasteiger partial charge in [0, 0.05) is 36.8 Å². The molecule has 0 saturated carbocycles. The van der Waals surface area contributed by atoms with Gasteiger partial charge in [0.1, 0.15) is 5.75 Å². The number of piperazine rings is 1. The predicted octanol–water partition coefficient (Wildman–Crippen LogP) is 3.44. The Kier molecular flexibility index (Phi) is 5.87. The van der Waals surface area contributed by atoms with Crippen molar-refractivity contribution in [1.29, 1.82) is 0 Å². The van der Waals surface area contributed by atoms with Gasteiger partial charge in [0.25, 0.3) is 0 Å². The molecule has 1 amide bonds. The maximum absolute atomic E-state index is 12.5. The molecule has 0 aliphatic carbocycles. The van der Waals surface area contributed by atoms with Crippen LogP contribution in [-0.4, -0.2) is 49.8 Å². The molecule has 1 heterocycles. The molecule has 1 fully saturated rings. The molecule has 132 valence electrons. The van der Waals surface area contributed by atoms with Gasteiger partial charge in [0.05, 0.1) is 12.9 Å². The number of carbonyl (C=O) groups is 1. The third-order valence-electron chi connectivity index (χ3n) is 4.40. The second-order valence-electron chi connectivity index (χ2n) is 6.17. The third-order valence-corrected chi connectivity index (χ3v) is 5.38. The van der Waals surface area contributed by atoms with Crippen LogP contribution in [0.2, 0.25) is 0 Å². The van der Waals surface area contributed by atoms with E-state index in [1.807, 2.05) is 29.2 Å². The normalized spacial score (nSPS) is 14.5. The Morgan fingerprint density at radius 1 is 1.08 bits per heavy atom. The summed E-state index contributed by atoms with van der Waals surface area (Å²) in [7, 11) is 1.66. The monoisotopic (exact) mass is 356 g/mol. The van der Waals surface area contributed by atoms with Gasteiger partial charge < -0.3 is 14.5 Å². The first-order valence-electron chi connectivity index (χ1n) is 8.52. The summed E-state index contributed by atoms with van der Waals surface area (Å²) in [5.41, 5.74) is 2.52. The van der Waals surface area contributed by atoms with Crippen LogP contribution >= 0.6 is 11.8 Å². The summed E-state index contributed by atoms with van der Waals surface area (Å²) in [4.78, 5) is 17.9. The molecule has 0 aromatic heterocycles. The summed E-state index contributed by atoms with van der Waals surface area (Å²) in [5, 5.41) is 0. The maximum atomic E-state index is 12.5. The second kappa shape index (κ2) is 8.30. The van der Waals surface area contributed by atoms with Crippen molar-refractivity contribution in [3.63, 3.8) is 0 Å². The van der Waals surface area contributed by atoms with Crippen LogP contribution in [-0.2, 0) is 4.79 Å². The number of anilines is 1. The van der Waals surface area contributed by atoms with E-state index in [4.69, 9.17) is 4.74 Å². The number of rotatable bonds is 5. The molecule has 2 aromatic rings. The van der Waals surface area contributed by atoms with Crippen LogP contribution in [0.1, 0.15) is 5.56 Å². The summed E-state index contributed by atoms with van der Waals surface area (Å²) in [6.45, 7) is 5.45. The van der Waals surface area contributed by atoms with Gasteiger partial charge in [-0.1, -0.05) is 18.2 Å². The number of hydrogen-bond acceptors (Lipinski definition) is 4. The van der Waals surface area contributed by atoms with Gasteiger partial charge >= 0.3 is 0 Å². The fourth-order valence-corrected chi connectivity index (χ4v) is 3.81. The zero-order valence-electron chi connectivity index (χ0n) is 14.8. The minimum atomic E-state index is 0.205. The van der Waals surface area contributed by atoms with Crippen LogP contribution < -0.4 is 9.64 Å². The highest BCUT2D eigenvalue weighted by Gasteiger charge is 2.21. The maximum Gasteiger partial charge on any atom is 0.233 e. The molecule has 0 spiro atoms. The lowest BCUT2D eigenvalue weighted by molar-refractivity contribution is -0.128. The smallest absolute Gasteiger partial charge is 0.233 e. The van der Waals surface area contributed by atoms with Crippen LogP contribution in [0.3, 0.4) is 0 Å². The lowest BCUT2D eigenvalue weighted by atomic mass is 10.2. The highest BCUT2D eigenvalue weighted by molar-refractivity contribution is 8.00. The predicted molar refractivity (Wildman–Crippen MR) is 104 cm³/mol. The van der Waals surface area contributed by atoms with Crippen molar-refractivity contribution in [2.24, 2.45) is 0 Å². The highest BCUT2D eigenvalue weighted by Crippen LogP contribution is 2.23. The zero-order chi connectivity index (χ0) is 17.6. The Balaban J connectivity index is 1.49. The summed E-state index contributed by atoms with van der Waals surface area (Å²) < 4.78 is 5.23. The number of thioether (sulfide) groups is 1. The van der Waals surface area contributed by atoms with Crippen LogP contribution in [0.15, 0.2) is 53.4 Å². The van der Waals surface area contributed by atoms with E-state index in [0.717, 1.165) is 36.8 Å². The molecule has 25 heavy (non-hydrogen) atoms. The molecule has 0 unspecified atom stereocenters. The van der Waals surface area contributed by atoms with Gasteiger partial charge in [-0.05, 0) is 42.8 Å². The van der Waals surface area contributed by atoms with Gasteiger partial charge in [-0.25, -0.2) is 0 Å². The minimum Gasteiger partial charge on any atom is -0.497 e.